The number of amides is 1. The van der Waals surface area contributed by atoms with Crippen LogP contribution in [0.1, 0.15) is 22.7 Å². The second-order valence-corrected chi connectivity index (χ2v) is 8.42. The molecule has 1 N–H and O–H groups in total. The van der Waals surface area contributed by atoms with E-state index in [0.29, 0.717) is 5.56 Å². The van der Waals surface area contributed by atoms with Crippen LogP contribution in [0.3, 0.4) is 0 Å². The van der Waals surface area contributed by atoms with Crippen LogP contribution in [0, 0.1) is 0 Å². The van der Waals surface area contributed by atoms with Crippen molar-refractivity contribution in [2.75, 3.05) is 0 Å². The third kappa shape index (κ3) is 5.62. The van der Waals surface area contributed by atoms with Crippen LogP contribution in [-0.2, 0) is 27.4 Å². The first kappa shape index (κ1) is 21.8. The van der Waals surface area contributed by atoms with E-state index in [-0.39, 0.29) is 18.9 Å². The second kappa shape index (κ2) is 10.2. The molecule has 0 spiro atoms. The van der Waals surface area contributed by atoms with Crippen molar-refractivity contribution >= 4 is 38.6 Å². The highest BCUT2D eigenvalue weighted by Gasteiger charge is 2.24. The largest absolute Gasteiger partial charge is 0.459 e. The summed E-state index contributed by atoms with van der Waals surface area (Å²) in [6, 6.07) is 29.8. The van der Waals surface area contributed by atoms with Crippen LogP contribution in [0.15, 0.2) is 102 Å². The van der Waals surface area contributed by atoms with Crippen LogP contribution in [0.5, 0.6) is 0 Å². The van der Waals surface area contributed by atoms with Gasteiger partial charge in [0.15, 0.2) is 6.04 Å². The molecule has 4 aromatic carbocycles. The number of nitrogens with one attached hydrogen (secondary N) is 1. The van der Waals surface area contributed by atoms with Gasteiger partial charge in [0.2, 0.25) is 5.91 Å². The zero-order chi connectivity index (χ0) is 22.3. The van der Waals surface area contributed by atoms with Gasteiger partial charge in [-0.25, -0.2) is 4.79 Å². The van der Waals surface area contributed by atoms with Gasteiger partial charge in [-0.3, -0.25) is 4.79 Å². The highest BCUT2D eigenvalue weighted by Crippen LogP contribution is 2.19. The van der Waals surface area contributed by atoms with Crippen LogP contribution in [0.4, 0.5) is 0 Å². The van der Waals surface area contributed by atoms with E-state index < -0.39 is 12.0 Å². The predicted molar refractivity (Wildman–Crippen MR) is 129 cm³/mol. The fourth-order valence-electron chi connectivity index (χ4n) is 3.49. The van der Waals surface area contributed by atoms with Crippen molar-refractivity contribution in [1.29, 1.82) is 0 Å². The molecule has 1 amide bonds. The summed E-state index contributed by atoms with van der Waals surface area (Å²) >= 11 is 3.39. The molecule has 0 saturated heterocycles. The lowest BCUT2D eigenvalue weighted by Gasteiger charge is -2.18. The van der Waals surface area contributed by atoms with Crippen LogP contribution in [0.2, 0.25) is 0 Å². The summed E-state index contributed by atoms with van der Waals surface area (Å²) in [5.74, 6) is -0.739. The lowest BCUT2D eigenvalue weighted by molar-refractivity contribution is -0.149. The van der Waals surface area contributed by atoms with Gasteiger partial charge >= 0.3 is 5.97 Å². The number of benzene rings is 4. The normalized spacial score (nSPS) is 11.7. The van der Waals surface area contributed by atoms with E-state index in [1.807, 2.05) is 97.1 Å². The zero-order valence-corrected chi connectivity index (χ0v) is 18.9. The van der Waals surface area contributed by atoms with Gasteiger partial charge in [0.1, 0.15) is 6.61 Å². The molecule has 0 aromatic heterocycles. The molecular formula is C27H22BrNO3. The minimum Gasteiger partial charge on any atom is -0.459 e. The summed E-state index contributed by atoms with van der Waals surface area (Å²) in [5.41, 5.74) is 2.44. The molecule has 0 fully saturated rings. The predicted octanol–water partition coefficient (Wildman–Crippen LogP) is 5.75. The summed E-state index contributed by atoms with van der Waals surface area (Å²) in [5, 5.41) is 5.05. The fourth-order valence-corrected chi connectivity index (χ4v) is 3.75. The summed E-state index contributed by atoms with van der Waals surface area (Å²) in [6.07, 6.45) is 0.175. The molecular weight excluding hydrogens is 466 g/mol. The summed E-state index contributed by atoms with van der Waals surface area (Å²) in [6.45, 7) is 0.135. The van der Waals surface area contributed by atoms with E-state index >= 15 is 0 Å². The van der Waals surface area contributed by atoms with Crippen LogP contribution in [0.25, 0.3) is 10.8 Å². The summed E-state index contributed by atoms with van der Waals surface area (Å²) in [4.78, 5) is 25.6. The lowest BCUT2D eigenvalue weighted by atomic mass is 10.1. The molecule has 0 saturated carbocycles. The van der Waals surface area contributed by atoms with Crippen LogP contribution in [-0.4, -0.2) is 11.9 Å². The number of fused-ring (bicyclic) bond motifs is 1. The topological polar surface area (TPSA) is 55.4 Å². The van der Waals surface area contributed by atoms with Crippen molar-refractivity contribution in [3.05, 3.63) is 118 Å². The first-order chi connectivity index (χ1) is 15.6. The van der Waals surface area contributed by atoms with E-state index in [9.17, 15) is 9.59 Å². The maximum Gasteiger partial charge on any atom is 0.333 e. The van der Waals surface area contributed by atoms with Crippen molar-refractivity contribution in [3.8, 4) is 0 Å². The number of hydrogen-bond donors (Lipinski definition) is 1. The van der Waals surface area contributed by atoms with Gasteiger partial charge in [-0.2, -0.15) is 0 Å². The van der Waals surface area contributed by atoms with Gasteiger partial charge in [-0.15, -0.1) is 0 Å². The van der Waals surface area contributed by atoms with Gasteiger partial charge < -0.3 is 10.1 Å². The molecule has 32 heavy (non-hydrogen) atoms. The molecule has 0 heterocycles. The molecule has 4 aromatic rings. The Morgan fingerprint density at radius 1 is 0.781 bits per heavy atom. The third-order valence-corrected chi connectivity index (χ3v) is 5.68. The number of carbonyl (C=O) groups excluding carboxylic acids is 2. The summed E-state index contributed by atoms with van der Waals surface area (Å²) < 4.78 is 6.55. The Morgan fingerprint density at radius 3 is 2.19 bits per heavy atom. The summed E-state index contributed by atoms with van der Waals surface area (Å²) in [7, 11) is 0. The molecule has 160 valence electrons. The smallest absolute Gasteiger partial charge is 0.333 e. The average Bonchev–Trinajstić information content (AvgIpc) is 2.83. The molecule has 5 heteroatoms. The monoisotopic (exact) mass is 487 g/mol. The molecule has 1 atom stereocenters. The van der Waals surface area contributed by atoms with Crippen molar-refractivity contribution in [2.45, 2.75) is 19.1 Å². The number of rotatable bonds is 7. The highest BCUT2D eigenvalue weighted by atomic mass is 79.9. The number of hydrogen-bond acceptors (Lipinski definition) is 3. The Bertz CT molecular complexity index is 1220. The standard InChI is InChI=1S/C27H22BrNO3/c28-24-14-11-19(12-15-24)17-25(30)29-26(22-7-2-1-3-8-22)27(31)32-18-20-10-13-21-6-4-5-9-23(21)16-20/h1-16,26H,17-18H2,(H,29,30). The van der Waals surface area contributed by atoms with E-state index in [2.05, 4.69) is 21.2 Å². The molecule has 1 unspecified atom stereocenters. The van der Waals surface area contributed by atoms with Crippen molar-refractivity contribution in [2.24, 2.45) is 0 Å². The Hall–Kier alpha value is -3.44. The molecule has 0 radical (unpaired) electrons. The molecule has 4 rings (SSSR count). The van der Waals surface area contributed by atoms with Crippen LogP contribution >= 0.6 is 15.9 Å². The molecule has 4 nitrogen and oxygen atoms in total. The number of ether oxygens (including phenoxy) is 1. The Kier molecular flexibility index (Phi) is 6.97. The van der Waals surface area contributed by atoms with E-state index in [4.69, 9.17) is 4.74 Å². The Morgan fingerprint density at radius 2 is 1.44 bits per heavy atom. The fraction of sp³-hybridized carbons (Fsp3) is 0.111. The van der Waals surface area contributed by atoms with Crippen LogP contribution < -0.4 is 5.32 Å². The number of esters is 1. The SMILES string of the molecule is O=C(Cc1ccc(Br)cc1)NC(C(=O)OCc1ccc2ccccc2c1)c1ccccc1. The molecule has 0 aliphatic rings. The maximum atomic E-state index is 13.0. The van der Waals surface area contributed by atoms with Gasteiger partial charge in [0, 0.05) is 4.47 Å². The maximum absolute atomic E-state index is 13.0. The zero-order valence-electron chi connectivity index (χ0n) is 17.3. The number of carbonyl (C=O) groups is 2. The second-order valence-electron chi connectivity index (χ2n) is 7.50. The Balaban J connectivity index is 1.46. The first-order valence-electron chi connectivity index (χ1n) is 10.3. The quantitative estimate of drug-likeness (QED) is 0.338. The molecule has 0 aliphatic carbocycles. The highest BCUT2D eigenvalue weighted by molar-refractivity contribution is 9.10. The number of halogens is 1. The minimum atomic E-state index is -0.875. The van der Waals surface area contributed by atoms with Gasteiger partial charge in [-0.05, 0) is 45.7 Å². The minimum absolute atomic E-state index is 0.135. The lowest BCUT2D eigenvalue weighted by Crippen LogP contribution is -2.35. The first-order valence-corrected chi connectivity index (χ1v) is 11.1. The van der Waals surface area contributed by atoms with E-state index in [1.165, 1.54) is 0 Å². The van der Waals surface area contributed by atoms with Gasteiger partial charge in [-0.1, -0.05) is 94.8 Å². The van der Waals surface area contributed by atoms with Gasteiger partial charge in [0.05, 0.1) is 6.42 Å². The van der Waals surface area contributed by atoms with Crippen molar-refractivity contribution in [1.82, 2.24) is 5.32 Å². The van der Waals surface area contributed by atoms with Crippen molar-refractivity contribution in [3.63, 3.8) is 0 Å². The van der Waals surface area contributed by atoms with Gasteiger partial charge in [0.25, 0.3) is 0 Å². The molecule has 0 aliphatic heterocycles. The van der Waals surface area contributed by atoms with E-state index in [0.717, 1.165) is 26.4 Å². The average molecular weight is 488 g/mol. The molecule has 0 bridgehead atoms. The van der Waals surface area contributed by atoms with E-state index in [1.54, 1.807) is 0 Å². The Labute approximate surface area is 195 Å². The third-order valence-electron chi connectivity index (χ3n) is 5.15. The van der Waals surface area contributed by atoms with Crippen molar-refractivity contribution < 1.29 is 14.3 Å².